The van der Waals surface area contributed by atoms with Crippen LogP contribution in [0.4, 0.5) is 4.39 Å². The SMILES string of the molecule is CC(C)N(C1CCCC1)S(=O)(=O)c1cccc(Cl)c1F. The number of hydrogen-bond donors (Lipinski definition) is 0. The van der Waals surface area contributed by atoms with Gasteiger partial charge in [0.2, 0.25) is 10.0 Å². The first-order chi connectivity index (χ1) is 9.35. The molecular formula is C14H19ClFNO2S. The molecule has 0 aliphatic heterocycles. The molecule has 1 fully saturated rings. The van der Waals surface area contributed by atoms with Crippen molar-refractivity contribution in [2.24, 2.45) is 0 Å². The molecular weight excluding hydrogens is 301 g/mol. The van der Waals surface area contributed by atoms with Crippen molar-refractivity contribution in [1.29, 1.82) is 0 Å². The second-order valence-electron chi connectivity index (χ2n) is 5.42. The largest absolute Gasteiger partial charge is 0.246 e. The Labute approximate surface area is 124 Å². The first kappa shape index (κ1) is 15.7. The minimum absolute atomic E-state index is 0.0432. The van der Waals surface area contributed by atoms with Crippen LogP contribution >= 0.6 is 11.6 Å². The van der Waals surface area contributed by atoms with E-state index >= 15 is 0 Å². The molecule has 6 heteroatoms. The van der Waals surface area contributed by atoms with Gasteiger partial charge in [-0.1, -0.05) is 30.5 Å². The molecule has 112 valence electrons. The molecule has 0 amide bonds. The molecule has 20 heavy (non-hydrogen) atoms. The first-order valence-corrected chi connectivity index (χ1v) is 8.65. The number of nitrogens with zero attached hydrogens (tertiary/aromatic N) is 1. The molecule has 0 spiro atoms. The summed E-state index contributed by atoms with van der Waals surface area (Å²) in [5.74, 6) is -0.863. The van der Waals surface area contributed by atoms with E-state index in [1.807, 2.05) is 13.8 Å². The fraction of sp³-hybridized carbons (Fsp3) is 0.571. The highest BCUT2D eigenvalue weighted by molar-refractivity contribution is 7.89. The van der Waals surface area contributed by atoms with Gasteiger partial charge in [0.15, 0.2) is 5.82 Å². The van der Waals surface area contributed by atoms with Crippen LogP contribution in [0.1, 0.15) is 39.5 Å². The fourth-order valence-corrected chi connectivity index (χ4v) is 5.05. The smallest absolute Gasteiger partial charge is 0.207 e. The molecule has 0 radical (unpaired) electrons. The molecule has 0 saturated heterocycles. The Hall–Kier alpha value is -0.650. The maximum absolute atomic E-state index is 14.1. The number of benzene rings is 1. The van der Waals surface area contributed by atoms with Crippen LogP contribution < -0.4 is 0 Å². The van der Waals surface area contributed by atoms with E-state index in [2.05, 4.69) is 0 Å². The van der Waals surface area contributed by atoms with Gasteiger partial charge >= 0.3 is 0 Å². The van der Waals surface area contributed by atoms with Crippen molar-refractivity contribution in [2.45, 2.75) is 56.5 Å². The van der Waals surface area contributed by atoms with Crippen LogP contribution in [0.5, 0.6) is 0 Å². The molecule has 3 nitrogen and oxygen atoms in total. The normalized spacial score (nSPS) is 17.3. The minimum atomic E-state index is -3.86. The summed E-state index contributed by atoms with van der Waals surface area (Å²) in [6.07, 6.45) is 3.70. The van der Waals surface area contributed by atoms with Crippen molar-refractivity contribution < 1.29 is 12.8 Å². The monoisotopic (exact) mass is 319 g/mol. The van der Waals surface area contributed by atoms with Crippen LogP contribution in [-0.2, 0) is 10.0 Å². The third-order valence-corrected chi connectivity index (χ3v) is 6.10. The van der Waals surface area contributed by atoms with Crippen LogP contribution in [0, 0.1) is 5.82 Å². The van der Waals surface area contributed by atoms with Gasteiger partial charge in [0.25, 0.3) is 0 Å². The summed E-state index contributed by atoms with van der Waals surface area (Å²) < 4.78 is 41.0. The van der Waals surface area contributed by atoms with Crippen LogP contribution in [0.15, 0.2) is 23.1 Å². The summed E-state index contributed by atoms with van der Waals surface area (Å²) in [4.78, 5) is -0.328. The Kier molecular flexibility index (Phi) is 4.72. The highest BCUT2D eigenvalue weighted by atomic mass is 35.5. The van der Waals surface area contributed by atoms with E-state index < -0.39 is 15.8 Å². The molecule has 0 unspecified atom stereocenters. The van der Waals surface area contributed by atoms with E-state index in [4.69, 9.17) is 11.6 Å². The summed E-state index contributed by atoms with van der Waals surface area (Å²) in [5, 5.41) is -0.166. The zero-order chi connectivity index (χ0) is 14.9. The molecule has 1 aliphatic carbocycles. The Bertz CT molecular complexity index is 583. The quantitative estimate of drug-likeness (QED) is 0.846. The summed E-state index contributed by atoms with van der Waals surface area (Å²) in [6, 6.07) is 3.84. The van der Waals surface area contributed by atoms with E-state index in [9.17, 15) is 12.8 Å². The number of sulfonamides is 1. The molecule has 1 saturated carbocycles. The van der Waals surface area contributed by atoms with Gasteiger partial charge in [-0.25, -0.2) is 12.8 Å². The zero-order valence-electron chi connectivity index (χ0n) is 11.6. The zero-order valence-corrected chi connectivity index (χ0v) is 13.2. The predicted molar refractivity (Wildman–Crippen MR) is 77.8 cm³/mol. The Balaban J connectivity index is 2.48. The lowest BCUT2D eigenvalue weighted by molar-refractivity contribution is 0.274. The number of rotatable bonds is 4. The molecule has 1 aromatic rings. The van der Waals surface area contributed by atoms with Gasteiger partial charge in [-0.15, -0.1) is 0 Å². The van der Waals surface area contributed by atoms with Crippen molar-refractivity contribution in [3.8, 4) is 0 Å². The molecule has 0 atom stereocenters. The van der Waals surface area contributed by atoms with Crippen LogP contribution in [0.25, 0.3) is 0 Å². The molecule has 0 N–H and O–H groups in total. The first-order valence-electron chi connectivity index (χ1n) is 6.83. The van der Waals surface area contributed by atoms with Crippen molar-refractivity contribution in [3.63, 3.8) is 0 Å². The van der Waals surface area contributed by atoms with Gasteiger partial charge in [0, 0.05) is 12.1 Å². The van der Waals surface area contributed by atoms with E-state index in [1.165, 1.54) is 22.5 Å². The topological polar surface area (TPSA) is 37.4 Å². The summed E-state index contributed by atoms with van der Waals surface area (Å²) in [5.41, 5.74) is 0. The maximum Gasteiger partial charge on any atom is 0.246 e. The van der Waals surface area contributed by atoms with Crippen molar-refractivity contribution in [1.82, 2.24) is 4.31 Å². The van der Waals surface area contributed by atoms with Crippen molar-refractivity contribution >= 4 is 21.6 Å². The van der Waals surface area contributed by atoms with Crippen LogP contribution in [0.3, 0.4) is 0 Å². The summed E-state index contributed by atoms with van der Waals surface area (Å²) in [6.45, 7) is 3.64. The van der Waals surface area contributed by atoms with Gasteiger partial charge in [-0.05, 0) is 38.8 Å². The molecule has 2 rings (SSSR count). The third kappa shape index (κ3) is 2.85. The predicted octanol–water partition coefficient (Wildman–Crippen LogP) is 3.82. The molecule has 1 aromatic carbocycles. The molecule has 0 bridgehead atoms. The standard InChI is InChI=1S/C14H19ClFNO2S/c1-10(2)17(11-6-3-4-7-11)20(18,19)13-9-5-8-12(15)14(13)16/h5,8-11H,3-4,6-7H2,1-2H3. The highest BCUT2D eigenvalue weighted by Gasteiger charge is 2.36. The molecule has 0 aromatic heterocycles. The van der Waals surface area contributed by atoms with Gasteiger partial charge in [0.05, 0.1) is 5.02 Å². The Morgan fingerprint density at radius 2 is 1.90 bits per heavy atom. The van der Waals surface area contributed by atoms with E-state index in [-0.39, 0.29) is 22.0 Å². The van der Waals surface area contributed by atoms with E-state index in [1.54, 1.807) is 0 Å². The van der Waals surface area contributed by atoms with Gasteiger partial charge in [0.1, 0.15) is 4.90 Å². The van der Waals surface area contributed by atoms with Gasteiger partial charge < -0.3 is 0 Å². The second-order valence-corrected chi connectivity index (χ2v) is 7.64. The Morgan fingerprint density at radius 3 is 2.45 bits per heavy atom. The average molecular weight is 320 g/mol. The van der Waals surface area contributed by atoms with E-state index in [0.717, 1.165) is 25.7 Å². The maximum atomic E-state index is 14.1. The Morgan fingerprint density at radius 1 is 1.30 bits per heavy atom. The second kappa shape index (κ2) is 6.00. The lowest BCUT2D eigenvalue weighted by atomic mass is 10.2. The van der Waals surface area contributed by atoms with Crippen LogP contribution in [-0.4, -0.2) is 24.8 Å². The van der Waals surface area contributed by atoms with Crippen molar-refractivity contribution in [3.05, 3.63) is 29.0 Å². The van der Waals surface area contributed by atoms with Crippen LogP contribution in [0.2, 0.25) is 5.02 Å². The summed E-state index contributed by atoms with van der Waals surface area (Å²) >= 11 is 5.71. The third-order valence-electron chi connectivity index (χ3n) is 3.67. The minimum Gasteiger partial charge on any atom is -0.207 e. The summed E-state index contributed by atoms with van der Waals surface area (Å²) in [7, 11) is -3.86. The fourth-order valence-electron chi connectivity index (χ4n) is 2.85. The van der Waals surface area contributed by atoms with Gasteiger partial charge in [-0.3, -0.25) is 0 Å². The average Bonchev–Trinajstić information content (AvgIpc) is 2.85. The number of halogens is 2. The van der Waals surface area contributed by atoms with Gasteiger partial charge in [-0.2, -0.15) is 4.31 Å². The number of hydrogen-bond acceptors (Lipinski definition) is 2. The molecule has 0 heterocycles. The van der Waals surface area contributed by atoms with E-state index in [0.29, 0.717) is 0 Å². The molecule has 1 aliphatic rings. The highest BCUT2D eigenvalue weighted by Crippen LogP contribution is 2.32. The van der Waals surface area contributed by atoms with Crippen molar-refractivity contribution in [2.75, 3.05) is 0 Å². The lowest BCUT2D eigenvalue weighted by Crippen LogP contribution is -2.43. The lowest BCUT2D eigenvalue weighted by Gasteiger charge is -2.31.